The van der Waals surface area contributed by atoms with Crippen molar-refractivity contribution in [2.24, 2.45) is 5.92 Å². The third-order valence-electron chi connectivity index (χ3n) is 2.74. The second-order valence-corrected chi connectivity index (χ2v) is 6.73. The van der Waals surface area contributed by atoms with E-state index < -0.39 is 19.8 Å². The third kappa shape index (κ3) is 5.89. The van der Waals surface area contributed by atoms with E-state index in [1.54, 1.807) is 0 Å². The van der Waals surface area contributed by atoms with Crippen LogP contribution in [-0.2, 0) is 23.1 Å². The van der Waals surface area contributed by atoms with E-state index in [-0.39, 0.29) is 25.7 Å². The first kappa shape index (κ1) is 20.8. The molecule has 7 heteroatoms. The number of hydrogen-bond acceptors (Lipinski definition) is 5. The average molecular weight is 331 g/mol. The van der Waals surface area contributed by atoms with Gasteiger partial charge in [0.05, 0.1) is 20.3 Å². The molecular weight excluding hydrogens is 305 g/mol. The number of nitrogens with zero attached hydrogens (tertiary/aromatic N) is 1. The van der Waals surface area contributed by atoms with Crippen LogP contribution in [0.2, 0.25) is 0 Å². The second kappa shape index (κ2) is 10.5. The van der Waals surface area contributed by atoms with Crippen molar-refractivity contribution in [2.75, 3.05) is 26.9 Å². The Morgan fingerprint density at radius 2 is 1.64 bits per heavy atom. The monoisotopic (exact) mass is 331 g/mol. The molecule has 0 aliphatic heterocycles. The lowest BCUT2D eigenvalue weighted by Gasteiger charge is -2.35. The summed E-state index contributed by atoms with van der Waals surface area (Å²) in [5.74, 6) is -0.679. The predicted octanol–water partition coefficient (Wildman–Crippen LogP) is 3.19. The molecule has 0 saturated carbocycles. The molecule has 0 fully saturated rings. The van der Waals surface area contributed by atoms with E-state index in [0.29, 0.717) is 0 Å². The highest BCUT2D eigenvalue weighted by molar-refractivity contribution is 7.51. The molecule has 0 aliphatic rings. The largest absolute Gasteiger partial charge is 0.468 e. The standard InChI is InChI=1S/C15H26NO5P/c1-7-10-16(14(13(4)5)15(17)19-6)22(18,20-11-8-2)21-12-9-3/h7-9,13-14H,1-3,10-12H2,4-6H3/t14-/m0/s1. The number of carbonyl (C=O) groups is 1. The van der Waals surface area contributed by atoms with Crippen LogP contribution in [0.1, 0.15) is 13.8 Å². The summed E-state index contributed by atoms with van der Waals surface area (Å²) >= 11 is 0. The van der Waals surface area contributed by atoms with Crippen LogP contribution in [0.4, 0.5) is 0 Å². The number of esters is 1. The zero-order chi connectivity index (χ0) is 17.2. The van der Waals surface area contributed by atoms with E-state index >= 15 is 0 Å². The van der Waals surface area contributed by atoms with Gasteiger partial charge < -0.3 is 4.74 Å². The summed E-state index contributed by atoms with van der Waals surface area (Å²) in [7, 11) is -2.46. The van der Waals surface area contributed by atoms with Gasteiger partial charge in [0.25, 0.3) is 0 Å². The van der Waals surface area contributed by atoms with Gasteiger partial charge in [-0.1, -0.05) is 32.1 Å². The topological polar surface area (TPSA) is 65.1 Å². The van der Waals surface area contributed by atoms with E-state index in [1.807, 2.05) is 13.8 Å². The van der Waals surface area contributed by atoms with Crippen molar-refractivity contribution < 1.29 is 23.1 Å². The van der Waals surface area contributed by atoms with Crippen molar-refractivity contribution in [3.63, 3.8) is 0 Å². The quantitative estimate of drug-likeness (QED) is 0.311. The smallest absolute Gasteiger partial charge is 0.409 e. The highest BCUT2D eigenvalue weighted by atomic mass is 31.2. The van der Waals surface area contributed by atoms with Crippen LogP contribution in [-0.4, -0.2) is 43.5 Å². The summed E-state index contributed by atoms with van der Waals surface area (Å²) in [4.78, 5) is 12.1. The van der Waals surface area contributed by atoms with E-state index in [0.717, 1.165) is 0 Å². The minimum atomic E-state index is -3.74. The SMILES string of the molecule is C=CCOP(=O)(OCC=C)N(CC=C)[C@H](C(=O)OC)C(C)C. The van der Waals surface area contributed by atoms with E-state index in [9.17, 15) is 9.36 Å². The highest BCUT2D eigenvalue weighted by Crippen LogP contribution is 2.54. The Morgan fingerprint density at radius 1 is 1.14 bits per heavy atom. The number of rotatable bonds is 12. The number of carbonyl (C=O) groups excluding carboxylic acids is 1. The van der Waals surface area contributed by atoms with Crippen LogP contribution in [0.5, 0.6) is 0 Å². The van der Waals surface area contributed by atoms with Crippen molar-refractivity contribution in [3.05, 3.63) is 38.0 Å². The molecule has 0 saturated heterocycles. The summed E-state index contributed by atoms with van der Waals surface area (Å²) in [5, 5.41) is 0. The Hall–Kier alpha value is -1.20. The molecule has 0 bridgehead atoms. The van der Waals surface area contributed by atoms with Crippen molar-refractivity contribution in [3.8, 4) is 0 Å². The van der Waals surface area contributed by atoms with E-state index in [2.05, 4.69) is 19.7 Å². The van der Waals surface area contributed by atoms with E-state index in [4.69, 9.17) is 13.8 Å². The summed E-state index contributed by atoms with van der Waals surface area (Å²) in [5.41, 5.74) is 0. The van der Waals surface area contributed by atoms with Crippen molar-refractivity contribution in [1.82, 2.24) is 4.67 Å². The van der Waals surface area contributed by atoms with Gasteiger partial charge in [0.15, 0.2) is 0 Å². The fourth-order valence-electron chi connectivity index (χ4n) is 1.84. The molecule has 126 valence electrons. The van der Waals surface area contributed by atoms with Crippen LogP contribution < -0.4 is 0 Å². The maximum Gasteiger partial charge on any atom is 0.409 e. The van der Waals surface area contributed by atoms with Crippen LogP contribution in [0.3, 0.4) is 0 Å². The Bertz CT molecular complexity index is 420. The van der Waals surface area contributed by atoms with Gasteiger partial charge in [0.2, 0.25) is 0 Å². The van der Waals surface area contributed by atoms with Crippen LogP contribution in [0.15, 0.2) is 38.0 Å². The molecule has 0 unspecified atom stereocenters. The molecule has 0 heterocycles. The second-order valence-electron chi connectivity index (χ2n) is 4.76. The van der Waals surface area contributed by atoms with Gasteiger partial charge >= 0.3 is 13.7 Å². The van der Waals surface area contributed by atoms with Gasteiger partial charge in [-0.05, 0) is 5.92 Å². The van der Waals surface area contributed by atoms with Gasteiger partial charge in [-0.3, -0.25) is 13.8 Å². The molecule has 0 aromatic carbocycles. The van der Waals surface area contributed by atoms with Gasteiger partial charge in [-0.25, -0.2) is 4.57 Å². The Kier molecular flexibility index (Phi) is 9.94. The molecule has 0 rings (SSSR count). The molecule has 0 N–H and O–H groups in total. The normalized spacial score (nSPS) is 13.0. The summed E-state index contributed by atoms with van der Waals surface area (Å²) in [6, 6.07) is -0.788. The molecular formula is C15H26NO5P. The third-order valence-corrected chi connectivity index (χ3v) is 4.73. The van der Waals surface area contributed by atoms with Crippen molar-refractivity contribution >= 4 is 13.7 Å². The molecule has 0 aromatic rings. The van der Waals surface area contributed by atoms with Crippen LogP contribution in [0.25, 0.3) is 0 Å². The highest BCUT2D eigenvalue weighted by Gasteiger charge is 2.43. The first-order valence-corrected chi connectivity index (χ1v) is 8.44. The molecule has 0 radical (unpaired) electrons. The maximum absolute atomic E-state index is 13.1. The number of hydrogen-bond donors (Lipinski definition) is 0. The molecule has 0 aromatic heterocycles. The zero-order valence-corrected chi connectivity index (χ0v) is 14.5. The van der Waals surface area contributed by atoms with Gasteiger partial charge in [-0.2, -0.15) is 4.67 Å². The maximum atomic E-state index is 13.1. The lowest BCUT2D eigenvalue weighted by Crippen LogP contribution is -2.44. The first-order valence-electron chi connectivity index (χ1n) is 6.94. The summed E-state index contributed by atoms with van der Waals surface area (Å²) in [6.07, 6.45) is 4.44. The molecule has 0 amide bonds. The van der Waals surface area contributed by atoms with Gasteiger partial charge in [0.1, 0.15) is 6.04 Å². The molecule has 6 nitrogen and oxygen atoms in total. The predicted molar refractivity (Wildman–Crippen MR) is 87.4 cm³/mol. The minimum Gasteiger partial charge on any atom is -0.468 e. The van der Waals surface area contributed by atoms with Crippen molar-refractivity contribution in [1.29, 1.82) is 0 Å². The minimum absolute atomic E-state index is 0.0219. The molecule has 22 heavy (non-hydrogen) atoms. The van der Waals surface area contributed by atoms with E-state index in [1.165, 1.54) is 30.0 Å². The van der Waals surface area contributed by atoms with Gasteiger partial charge in [0, 0.05) is 6.54 Å². The zero-order valence-electron chi connectivity index (χ0n) is 13.6. The lowest BCUT2D eigenvalue weighted by molar-refractivity contribution is -0.147. The van der Waals surface area contributed by atoms with Crippen molar-refractivity contribution in [2.45, 2.75) is 19.9 Å². The molecule has 0 aliphatic carbocycles. The Labute approximate surface area is 133 Å². The Morgan fingerprint density at radius 3 is 1.95 bits per heavy atom. The van der Waals surface area contributed by atoms with Gasteiger partial charge in [-0.15, -0.1) is 19.7 Å². The fourth-order valence-corrected chi connectivity index (χ4v) is 3.78. The van der Waals surface area contributed by atoms with Crippen LogP contribution >= 0.6 is 7.75 Å². The number of methoxy groups -OCH3 is 1. The number of ether oxygens (including phenoxy) is 1. The lowest BCUT2D eigenvalue weighted by atomic mass is 10.0. The average Bonchev–Trinajstić information content (AvgIpc) is 2.49. The molecule has 1 atom stereocenters. The Balaban J connectivity index is 5.70. The van der Waals surface area contributed by atoms with Crippen LogP contribution in [0, 0.1) is 5.92 Å². The summed E-state index contributed by atoms with van der Waals surface area (Å²) in [6.45, 7) is 14.5. The first-order chi connectivity index (χ1) is 10.4. The molecule has 0 spiro atoms. The fraction of sp³-hybridized carbons (Fsp3) is 0.533. The summed E-state index contributed by atoms with van der Waals surface area (Å²) < 4.78 is 30.0.